The molecule has 0 bridgehead atoms. The Morgan fingerprint density at radius 1 is 0.397 bits per heavy atom. The maximum Gasteiger partial charge on any atom is 0.160 e. The van der Waals surface area contributed by atoms with Crippen LogP contribution < -0.4 is 0 Å². The Kier molecular flexibility index (Phi) is 7.14. The molecular weight excluding hydrogens is 705 g/mol. The molecule has 0 saturated heterocycles. The lowest BCUT2D eigenvalue weighted by atomic mass is 9.66. The molecule has 0 fully saturated rings. The topological polar surface area (TPSA) is 38.9 Å². The number of fused-ring (bicyclic) bond motifs is 9. The fraction of sp³-hybridized carbons (Fsp3) is 0.0182. The lowest BCUT2D eigenvalue weighted by Crippen LogP contribution is -2.28. The molecule has 270 valence electrons. The molecule has 1 aliphatic carbocycles. The van der Waals surface area contributed by atoms with E-state index in [1.165, 1.54) is 49.4 Å². The Bertz CT molecular complexity index is 3260. The summed E-state index contributed by atoms with van der Waals surface area (Å²) >= 11 is 0. The van der Waals surface area contributed by atoms with Crippen molar-refractivity contribution in [1.29, 1.82) is 0 Å². The SMILES string of the molecule is c1ccc(-c2cc(-c3cc4c(c5oc6ccccc6c35)-c3ccccc3C4(c3ccc4ccccc4c3)c3ccc4ccccc4c3)nc(-c3ccccc3)n2)cc1. The van der Waals surface area contributed by atoms with Gasteiger partial charge in [-0.15, -0.1) is 0 Å². The van der Waals surface area contributed by atoms with Crippen LogP contribution in [0.3, 0.4) is 0 Å². The number of aromatic nitrogens is 2. The molecule has 0 unspecified atom stereocenters. The van der Waals surface area contributed by atoms with Crippen molar-refractivity contribution in [1.82, 2.24) is 9.97 Å². The molecule has 2 heterocycles. The van der Waals surface area contributed by atoms with Crippen LogP contribution in [0.15, 0.2) is 211 Å². The van der Waals surface area contributed by atoms with Gasteiger partial charge in [0.2, 0.25) is 0 Å². The lowest BCUT2D eigenvalue weighted by molar-refractivity contribution is 0.669. The number of hydrogen-bond acceptors (Lipinski definition) is 3. The minimum atomic E-state index is -0.695. The monoisotopic (exact) mass is 738 g/mol. The van der Waals surface area contributed by atoms with Gasteiger partial charge in [-0.25, -0.2) is 9.97 Å². The molecular formula is C55H34N2O. The summed E-state index contributed by atoms with van der Waals surface area (Å²) in [6, 6.07) is 73.9. The summed E-state index contributed by atoms with van der Waals surface area (Å²) in [7, 11) is 0. The van der Waals surface area contributed by atoms with Crippen molar-refractivity contribution < 1.29 is 4.42 Å². The van der Waals surface area contributed by atoms with E-state index in [0.29, 0.717) is 5.82 Å². The van der Waals surface area contributed by atoms with Gasteiger partial charge < -0.3 is 4.42 Å². The third-order valence-electron chi connectivity index (χ3n) is 12.1. The number of benzene rings is 9. The standard InChI is InChI=1S/C55H34N2O/c1-3-17-37(18-4-1)48-34-49(57-54(56-48)38-19-5-2-6-20-38)45-33-47-52(53-51(45)44-24-12-14-26-50(44)58-53)43-23-11-13-25-46(43)55(47,41-29-27-35-15-7-9-21-39(35)31-41)42-30-28-36-16-8-10-22-40(36)32-42/h1-34H. The van der Waals surface area contributed by atoms with Gasteiger partial charge in [0.1, 0.15) is 11.2 Å². The second-order valence-corrected chi connectivity index (χ2v) is 15.3. The number of hydrogen-bond donors (Lipinski definition) is 0. The first-order valence-corrected chi connectivity index (χ1v) is 19.8. The van der Waals surface area contributed by atoms with Gasteiger partial charge in [-0.05, 0) is 79.7 Å². The molecule has 0 N–H and O–H groups in total. The van der Waals surface area contributed by atoms with Crippen LogP contribution in [0, 0.1) is 0 Å². The fourth-order valence-electron chi connectivity index (χ4n) is 9.53. The Morgan fingerprint density at radius 2 is 0.966 bits per heavy atom. The number of furan rings is 1. The highest BCUT2D eigenvalue weighted by Gasteiger charge is 2.48. The summed E-state index contributed by atoms with van der Waals surface area (Å²) in [4.78, 5) is 10.6. The molecule has 2 aromatic heterocycles. The summed E-state index contributed by atoms with van der Waals surface area (Å²) in [5.41, 5.74) is 12.8. The van der Waals surface area contributed by atoms with E-state index < -0.39 is 5.41 Å². The largest absolute Gasteiger partial charge is 0.455 e. The fourth-order valence-corrected chi connectivity index (χ4v) is 9.53. The van der Waals surface area contributed by atoms with Crippen LogP contribution in [-0.2, 0) is 5.41 Å². The highest BCUT2D eigenvalue weighted by atomic mass is 16.3. The van der Waals surface area contributed by atoms with E-state index in [2.05, 4.69) is 182 Å². The maximum atomic E-state index is 7.11. The second-order valence-electron chi connectivity index (χ2n) is 15.3. The predicted molar refractivity (Wildman–Crippen MR) is 238 cm³/mol. The van der Waals surface area contributed by atoms with Gasteiger partial charge in [0, 0.05) is 33.0 Å². The van der Waals surface area contributed by atoms with E-state index in [9.17, 15) is 0 Å². The summed E-state index contributed by atoms with van der Waals surface area (Å²) in [5.74, 6) is 0.678. The van der Waals surface area contributed by atoms with E-state index in [-0.39, 0.29) is 0 Å². The first-order chi connectivity index (χ1) is 28.7. The molecule has 0 amide bonds. The number of nitrogens with zero attached hydrogens (tertiary/aromatic N) is 2. The van der Waals surface area contributed by atoms with Crippen LogP contribution >= 0.6 is 0 Å². The smallest absolute Gasteiger partial charge is 0.160 e. The molecule has 3 heteroatoms. The van der Waals surface area contributed by atoms with Crippen molar-refractivity contribution in [2.45, 2.75) is 5.41 Å². The maximum absolute atomic E-state index is 7.11. The first kappa shape index (κ1) is 32.6. The van der Waals surface area contributed by atoms with E-state index >= 15 is 0 Å². The molecule has 9 aromatic carbocycles. The normalized spacial score (nSPS) is 13.0. The van der Waals surface area contributed by atoms with Crippen LogP contribution in [0.25, 0.3) is 88.5 Å². The van der Waals surface area contributed by atoms with Crippen LogP contribution in [-0.4, -0.2) is 9.97 Å². The van der Waals surface area contributed by atoms with Gasteiger partial charge >= 0.3 is 0 Å². The van der Waals surface area contributed by atoms with Gasteiger partial charge in [-0.1, -0.05) is 176 Å². The van der Waals surface area contributed by atoms with Crippen molar-refractivity contribution in [3.63, 3.8) is 0 Å². The van der Waals surface area contributed by atoms with Gasteiger partial charge in [-0.2, -0.15) is 0 Å². The summed E-state index contributed by atoms with van der Waals surface area (Å²) < 4.78 is 7.11. The second kappa shape index (κ2) is 12.7. The first-order valence-electron chi connectivity index (χ1n) is 19.8. The van der Waals surface area contributed by atoms with Crippen molar-refractivity contribution in [3.05, 3.63) is 229 Å². The zero-order chi connectivity index (χ0) is 38.2. The van der Waals surface area contributed by atoms with Gasteiger partial charge in [-0.3, -0.25) is 0 Å². The molecule has 11 aromatic rings. The van der Waals surface area contributed by atoms with Crippen molar-refractivity contribution >= 4 is 43.5 Å². The minimum absolute atomic E-state index is 0.678. The number of rotatable bonds is 5. The zero-order valence-corrected chi connectivity index (χ0v) is 31.4. The molecule has 1 aliphatic rings. The molecule has 0 spiro atoms. The minimum Gasteiger partial charge on any atom is -0.455 e. The molecule has 0 atom stereocenters. The van der Waals surface area contributed by atoms with Crippen molar-refractivity contribution in [2.24, 2.45) is 0 Å². The molecule has 3 nitrogen and oxygen atoms in total. The van der Waals surface area contributed by atoms with Crippen LogP contribution in [0.5, 0.6) is 0 Å². The number of para-hydroxylation sites is 1. The van der Waals surface area contributed by atoms with Crippen LogP contribution in [0.2, 0.25) is 0 Å². The van der Waals surface area contributed by atoms with E-state index in [4.69, 9.17) is 14.4 Å². The van der Waals surface area contributed by atoms with Gasteiger partial charge in [0.25, 0.3) is 0 Å². The van der Waals surface area contributed by atoms with E-state index in [0.717, 1.165) is 55.6 Å². The third kappa shape index (κ3) is 4.80. The van der Waals surface area contributed by atoms with Gasteiger partial charge in [0.05, 0.1) is 16.8 Å². The van der Waals surface area contributed by atoms with Crippen molar-refractivity contribution in [2.75, 3.05) is 0 Å². The predicted octanol–water partition coefficient (Wildman–Crippen LogP) is 14.0. The lowest BCUT2D eigenvalue weighted by Gasteiger charge is -2.34. The van der Waals surface area contributed by atoms with Crippen LogP contribution in [0.1, 0.15) is 22.3 Å². The van der Waals surface area contributed by atoms with E-state index in [1.807, 2.05) is 24.3 Å². The summed E-state index contributed by atoms with van der Waals surface area (Å²) in [5, 5.41) is 6.93. The van der Waals surface area contributed by atoms with Crippen molar-refractivity contribution in [3.8, 4) is 45.0 Å². The highest BCUT2D eigenvalue weighted by Crippen LogP contribution is 2.60. The quantitative estimate of drug-likeness (QED) is 0.176. The van der Waals surface area contributed by atoms with Crippen LogP contribution in [0.4, 0.5) is 0 Å². The highest BCUT2D eigenvalue weighted by molar-refractivity contribution is 6.18. The van der Waals surface area contributed by atoms with E-state index in [1.54, 1.807) is 0 Å². The summed E-state index contributed by atoms with van der Waals surface area (Å²) in [6.07, 6.45) is 0. The molecule has 0 aliphatic heterocycles. The Hall–Kier alpha value is -7.62. The molecule has 58 heavy (non-hydrogen) atoms. The average Bonchev–Trinajstić information content (AvgIpc) is 3.83. The average molecular weight is 739 g/mol. The molecule has 0 radical (unpaired) electrons. The van der Waals surface area contributed by atoms with Gasteiger partial charge in [0.15, 0.2) is 5.82 Å². The molecule has 12 rings (SSSR count). The Labute approximate surface area is 335 Å². The summed E-state index contributed by atoms with van der Waals surface area (Å²) in [6.45, 7) is 0. The zero-order valence-electron chi connectivity index (χ0n) is 31.4. The third-order valence-corrected chi connectivity index (χ3v) is 12.1. The Morgan fingerprint density at radius 3 is 1.67 bits per heavy atom. The Balaban J connectivity index is 1.26. The molecule has 0 saturated carbocycles.